The van der Waals surface area contributed by atoms with E-state index in [9.17, 15) is 17.6 Å². The molecule has 2 rings (SSSR count). The van der Waals surface area contributed by atoms with E-state index >= 15 is 0 Å². The molecule has 2 N–H and O–H groups in total. The summed E-state index contributed by atoms with van der Waals surface area (Å²) >= 11 is 0. The summed E-state index contributed by atoms with van der Waals surface area (Å²) in [4.78, 5) is 13.9. The molecule has 0 saturated carbocycles. The van der Waals surface area contributed by atoms with Crippen molar-refractivity contribution in [3.8, 4) is 0 Å². The molecular formula is C19H24FN3O3S. The third kappa shape index (κ3) is 7.09. The van der Waals surface area contributed by atoms with Gasteiger partial charge in [0.1, 0.15) is 5.82 Å². The Balaban J connectivity index is 1.75. The predicted molar refractivity (Wildman–Crippen MR) is 102 cm³/mol. The minimum atomic E-state index is -3.76. The lowest BCUT2D eigenvalue weighted by Crippen LogP contribution is -2.30. The molecular weight excluding hydrogens is 369 g/mol. The number of sulfonamides is 1. The molecule has 0 aliphatic carbocycles. The van der Waals surface area contributed by atoms with Gasteiger partial charge in [0.15, 0.2) is 0 Å². The van der Waals surface area contributed by atoms with E-state index < -0.39 is 15.8 Å². The zero-order valence-electron chi connectivity index (χ0n) is 15.4. The molecule has 0 heterocycles. The summed E-state index contributed by atoms with van der Waals surface area (Å²) < 4.78 is 39.3. The topological polar surface area (TPSA) is 78.5 Å². The Hall–Kier alpha value is -2.29. The summed E-state index contributed by atoms with van der Waals surface area (Å²) in [6, 6.07) is 12.4. The smallest absolute Gasteiger partial charge is 0.240 e. The molecule has 0 radical (unpaired) electrons. The largest absolute Gasteiger partial charge is 0.352 e. The van der Waals surface area contributed by atoms with Crippen LogP contribution in [-0.2, 0) is 27.9 Å². The number of halogens is 1. The number of amides is 1. The molecule has 0 saturated heterocycles. The Morgan fingerprint density at radius 3 is 2.19 bits per heavy atom. The molecule has 8 heteroatoms. The average molecular weight is 393 g/mol. The summed E-state index contributed by atoms with van der Waals surface area (Å²) in [5.41, 5.74) is 2.16. The Labute approximate surface area is 159 Å². The molecule has 0 unspecified atom stereocenters. The van der Waals surface area contributed by atoms with Crippen molar-refractivity contribution in [1.82, 2.24) is 14.9 Å². The van der Waals surface area contributed by atoms with Crippen LogP contribution in [0, 0.1) is 5.82 Å². The summed E-state index contributed by atoms with van der Waals surface area (Å²) in [5.74, 6) is -0.766. The van der Waals surface area contributed by atoms with Crippen molar-refractivity contribution in [2.24, 2.45) is 0 Å². The van der Waals surface area contributed by atoms with Gasteiger partial charge in [-0.05, 0) is 49.5 Å². The van der Waals surface area contributed by atoms with E-state index in [1.165, 1.54) is 17.7 Å². The number of hydrogen-bond donors (Lipinski definition) is 2. The summed E-state index contributed by atoms with van der Waals surface area (Å²) in [5, 5.41) is 2.76. The third-order valence-electron chi connectivity index (χ3n) is 3.78. The van der Waals surface area contributed by atoms with Crippen molar-refractivity contribution in [1.29, 1.82) is 0 Å². The van der Waals surface area contributed by atoms with Crippen molar-refractivity contribution < 1.29 is 17.6 Å². The maximum Gasteiger partial charge on any atom is 0.240 e. The molecule has 0 aliphatic rings. The summed E-state index contributed by atoms with van der Waals surface area (Å²) in [6.45, 7) is 1.19. The van der Waals surface area contributed by atoms with Crippen LogP contribution < -0.4 is 10.0 Å². The van der Waals surface area contributed by atoms with Crippen molar-refractivity contribution in [2.75, 3.05) is 20.6 Å². The van der Waals surface area contributed by atoms with Gasteiger partial charge in [-0.25, -0.2) is 17.5 Å². The number of rotatable bonds is 9. The molecule has 0 spiro atoms. The van der Waals surface area contributed by atoms with Crippen LogP contribution in [0.5, 0.6) is 0 Å². The Morgan fingerprint density at radius 1 is 1.00 bits per heavy atom. The number of carbonyl (C=O) groups is 1. The van der Waals surface area contributed by atoms with Gasteiger partial charge in [0.25, 0.3) is 0 Å². The average Bonchev–Trinajstić information content (AvgIpc) is 2.61. The number of nitrogens with one attached hydrogen (secondary N) is 2. The zero-order valence-corrected chi connectivity index (χ0v) is 16.2. The normalized spacial score (nSPS) is 11.6. The van der Waals surface area contributed by atoms with Gasteiger partial charge in [-0.2, -0.15) is 0 Å². The van der Waals surface area contributed by atoms with E-state index in [2.05, 4.69) is 14.9 Å². The Kier molecular flexibility index (Phi) is 7.46. The Morgan fingerprint density at radius 2 is 1.59 bits per heavy atom. The van der Waals surface area contributed by atoms with Crippen LogP contribution in [0.25, 0.3) is 0 Å². The minimum absolute atomic E-state index is 0.0130. The molecule has 2 aromatic rings. The second kappa shape index (κ2) is 9.59. The van der Waals surface area contributed by atoms with Crippen LogP contribution in [-0.4, -0.2) is 39.9 Å². The number of benzene rings is 2. The fourth-order valence-corrected chi connectivity index (χ4v) is 3.44. The second-order valence-corrected chi connectivity index (χ2v) is 8.20. The molecule has 0 atom stereocenters. The number of nitrogens with zero attached hydrogens (tertiary/aromatic N) is 1. The molecule has 6 nitrogen and oxygen atoms in total. The molecule has 0 bridgehead atoms. The quantitative estimate of drug-likeness (QED) is 0.682. The first-order chi connectivity index (χ1) is 12.8. The van der Waals surface area contributed by atoms with E-state index in [0.717, 1.165) is 24.2 Å². The van der Waals surface area contributed by atoms with Crippen LogP contribution in [0.4, 0.5) is 4.39 Å². The minimum Gasteiger partial charge on any atom is -0.352 e. The van der Waals surface area contributed by atoms with Gasteiger partial charge >= 0.3 is 0 Å². The fourth-order valence-electron chi connectivity index (χ4n) is 2.41. The highest BCUT2D eigenvalue weighted by Gasteiger charge is 2.14. The van der Waals surface area contributed by atoms with Crippen LogP contribution >= 0.6 is 0 Å². The monoisotopic (exact) mass is 393 g/mol. The maximum atomic E-state index is 12.9. The van der Waals surface area contributed by atoms with Crippen molar-refractivity contribution in [3.63, 3.8) is 0 Å². The highest BCUT2D eigenvalue weighted by Crippen LogP contribution is 2.09. The van der Waals surface area contributed by atoms with Crippen LogP contribution in [0.3, 0.4) is 0 Å². The van der Waals surface area contributed by atoms with Gasteiger partial charge in [0.05, 0.1) is 4.90 Å². The highest BCUT2D eigenvalue weighted by molar-refractivity contribution is 7.89. The van der Waals surface area contributed by atoms with E-state index in [-0.39, 0.29) is 23.8 Å². The van der Waals surface area contributed by atoms with E-state index in [1.807, 2.05) is 38.4 Å². The molecule has 0 aliphatic heterocycles. The number of hydrogen-bond acceptors (Lipinski definition) is 4. The first kappa shape index (κ1) is 21.0. The lowest BCUT2D eigenvalue weighted by molar-refractivity contribution is -0.121. The van der Waals surface area contributed by atoms with Gasteiger partial charge in [0, 0.05) is 26.1 Å². The van der Waals surface area contributed by atoms with Crippen LogP contribution in [0.15, 0.2) is 53.4 Å². The summed E-state index contributed by atoms with van der Waals surface area (Å²) in [7, 11) is 0.242. The molecule has 146 valence electrons. The van der Waals surface area contributed by atoms with Crippen molar-refractivity contribution in [2.45, 2.75) is 24.4 Å². The molecule has 2 aromatic carbocycles. The fraction of sp³-hybridized carbons (Fsp3) is 0.316. The lowest BCUT2D eigenvalue weighted by atomic mass is 10.1. The van der Waals surface area contributed by atoms with Gasteiger partial charge in [0.2, 0.25) is 15.9 Å². The van der Waals surface area contributed by atoms with E-state index in [1.54, 1.807) is 0 Å². The second-order valence-electron chi connectivity index (χ2n) is 6.43. The van der Waals surface area contributed by atoms with Gasteiger partial charge < -0.3 is 10.2 Å². The first-order valence-electron chi connectivity index (χ1n) is 8.51. The SMILES string of the molecule is CN(C)Cc1ccc(CNC(=O)CCNS(=O)(=O)c2ccc(F)cc2)cc1. The molecule has 0 fully saturated rings. The van der Waals surface area contributed by atoms with Crippen molar-refractivity contribution >= 4 is 15.9 Å². The molecule has 0 aromatic heterocycles. The Bertz CT molecular complexity index is 851. The molecule has 1 amide bonds. The first-order valence-corrected chi connectivity index (χ1v) is 9.99. The molecule has 27 heavy (non-hydrogen) atoms. The standard InChI is InChI=1S/C19H24FN3O3S/c1-23(2)14-16-5-3-15(4-6-16)13-21-19(24)11-12-22-27(25,26)18-9-7-17(20)8-10-18/h3-10,22H,11-14H2,1-2H3,(H,21,24). The highest BCUT2D eigenvalue weighted by atomic mass is 32.2. The summed E-state index contributed by atoms with van der Waals surface area (Å²) in [6.07, 6.45) is 0.0130. The van der Waals surface area contributed by atoms with Crippen LogP contribution in [0.1, 0.15) is 17.5 Å². The van der Waals surface area contributed by atoms with E-state index in [0.29, 0.717) is 6.54 Å². The lowest BCUT2D eigenvalue weighted by Gasteiger charge is -2.11. The van der Waals surface area contributed by atoms with Gasteiger partial charge in [-0.3, -0.25) is 4.79 Å². The van der Waals surface area contributed by atoms with Gasteiger partial charge in [-0.15, -0.1) is 0 Å². The zero-order chi connectivity index (χ0) is 19.9. The third-order valence-corrected chi connectivity index (χ3v) is 5.26. The number of carbonyl (C=O) groups excluding carboxylic acids is 1. The van der Waals surface area contributed by atoms with Gasteiger partial charge in [-0.1, -0.05) is 24.3 Å². The van der Waals surface area contributed by atoms with E-state index in [4.69, 9.17) is 0 Å². The predicted octanol–water partition coefficient (Wildman–Crippen LogP) is 1.87. The van der Waals surface area contributed by atoms with Crippen LogP contribution in [0.2, 0.25) is 0 Å². The maximum absolute atomic E-state index is 12.9. The van der Waals surface area contributed by atoms with Crippen molar-refractivity contribution in [3.05, 3.63) is 65.5 Å².